The summed E-state index contributed by atoms with van der Waals surface area (Å²) in [7, 11) is 0. The van der Waals surface area contributed by atoms with Crippen LogP contribution in [0.4, 0.5) is 0 Å². The second-order valence-electron chi connectivity index (χ2n) is 5.09. The van der Waals surface area contributed by atoms with Crippen LogP contribution < -0.4 is 5.32 Å². The molecule has 4 heteroatoms. The Morgan fingerprint density at radius 2 is 1.95 bits per heavy atom. The van der Waals surface area contributed by atoms with Gasteiger partial charge in [-0.15, -0.1) is 0 Å². The number of benzene rings is 2. The molecule has 2 rings (SSSR count). The van der Waals surface area contributed by atoms with Gasteiger partial charge < -0.3 is 5.32 Å². The first-order valence-corrected chi connectivity index (χ1v) is 8.49. The fourth-order valence-corrected chi connectivity index (χ4v) is 3.47. The van der Waals surface area contributed by atoms with Crippen LogP contribution in [0.5, 0.6) is 0 Å². The molecule has 0 radical (unpaired) electrons. The molecule has 2 aromatic rings. The smallest absolute Gasteiger partial charge is 0.0624 e. The van der Waals surface area contributed by atoms with Crippen LogP contribution in [0.1, 0.15) is 29.7 Å². The van der Waals surface area contributed by atoms with E-state index in [1.165, 1.54) is 11.1 Å². The third-order valence-corrected chi connectivity index (χ3v) is 4.69. The number of aryl methyl sites for hydroxylation is 1. The Kier molecular flexibility index (Phi) is 6.12. The molecule has 0 aliphatic carbocycles. The minimum atomic E-state index is 0.210. The van der Waals surface area contributed by atoms with Crippen molar-refractivity contribution in [1.82, 2.24) is 5.32 Å². The van der Waals surface area contributed by atoms with Gasteiger partial charge in [-0.25, -0.2) is 0 Å². The number of hydrogen-bond acceptors (Lipinski definition) is 1. The lowest BCUT2D eigenvalue weighted by Gasteiger charge is -2.20. The Bertz CT molecular complexity index is 608. The highest BCUT2D eigenvalue weighted by Crippen LogP contribution is 2.30. The molecule has 1 N–H and O–H groups in total. The highest BCUT2D eigenvalue weighted by atomic mass is 79.9. The molecule has 0 bridgehead atoms. The average Bonchev–Trinajstić information content (AvgIpc) is 2.42. The summed E-state index contributed by atoms with van der Waals surface area (Å²) in [6.07, 6.45) is 0.809. The Hall–Kier alpha value is -0.540. The van der Waals surface area contributed by atoms with Crippen molar-refractivity contribution < 1.29 is 0 Å². The fourth-order valence-electron chi connectivity index (χ4n) is 2.45. The number of likely N-dealkylation sites (N-methyl/N-ethyl adjacent to an activating group) is 1. The zero-order chi connectivity index (χ0) is 15.4. The molecule has 0 saturated carbocycles. The zero-order valence-electron chi connectivity index (χ0n) is 12.1. The Morgan fingerprint density at radius 1 is 1.19 bits per heavy atom. The van der Waals surface area contributed by atoms with Crippen molar-refractivity contribution in [3.05, 3.63) is 67.6 Å². The molecular weight excluding hydrogens is 369 g/mol. The molecule has 0 amide bonds. The number of halogens is 3. The second kappa shape index (κ2) is 7.64. The summed E-state index contributed by atoms with van der Waals surface area (Å²) in [5.74, 6) is 0. The Morgan fingerprint density at radius 3 is 2.62 bits per heavy atom. The van der Waals surface area contributed by atoms with Crippen molar-refractivity contribution in [3.63, 3.8) is 0 Å². The standard InChI is InChI=1S/C17H18BrCl2N/c1-3-21-16(13-7-11(2)8-14(18)9-13)10-12-5-4-6-15(19)17(12)20/h4-9,16,21H,3,10H2,1-2H3. The van der Waals surface area contributed by atoms with Gasteiger partial charge in [0.15, 0.2) is 0 Å². The summed E-state index contributed by atoms with van der Waals surface area (Å²) in [6.45, 7) is 5.11. The van der Waals surface area contributed by atoms with Gasteiger partial charge in [-0.2, -0.15) is 0 Å². The monoisotopic (exact) mass is 385 g/mol. The molecule has 0 heterocycles. The van der Waals surface area contributed by atoms with Crippen LogP contribution in [0.15, 0.2) is 40.9 Å². The molecular formula is C17H18BrCl2N. The maximum Gasteiger partial charge on any atom is 0.0624 e. The van der Waals surface area contributed by atoms with E-state index in [0.717, 1.165) is 23.0 Å². The molecule has 0 aliphatic rings. The molecule has 0 saturated heterocycles. The number of rotatable bonds is 5. The summed E-state index contributed by atoms with van der Waals surface area (Å²) in [5, 5.41) is 4.78. The summed E-state index contributed by atoms with van der Waals surface area (Å²) < 4.78 is 1.09. The van der Waals surface area contributed by atoms with Crippen LogP contribution >= 0.6 is 39.1 Å². The maximum atomic E-state index is 6.32. The van der Waals surface area contributed by atoms with Crippen molar-refractivity contribution in [2.75, 3.05) is 6.54 Å². The van der Waals surface area contributed by atoms with E-state index in [4.69, 9.17) is 23.2 Å². The summed E-state index contributed by atoms with van der Waals surface area (Å²) >= 11 is 16.0. The van der Waals surface area contributed by atoms with E-state index < -0.39 is 0 Å². The minimum absolute atomic E-state index is 0.210. The summed E-state index contributed by atoms with van der Waals surface area (Å²) in [6, 6.07) is 12.5. The van der Waals surface area contributed by atoms with Crippen LogP contribution in [-0.2, 0) is 6.42 Å². The molecule has 1 unspecified atom stereocenters. The van der Waals surface area contributed by atoms with Crippen LogP contribution in [0.25, 0.3) is 0 Å². The molecule has 1 nitrogen and oxygen atoms in total. The molecule has 0 fully saturated rings. The van der Waals surface area contributed by atoms with Gasteiger partial charge in [0.05, 0.1) is 10.0 Å². The van der Waals surface area contributed by atoms with Crippen molar-refractivity contribution in [3.8, 4) is 0 Å². The summed E-state index contributed by atoms with van der Waals surface area (Å²) in [5.41, 5.74) is 3.55. The van der Waals surface area contributed by atoms with Gasteiger partial charge in [0.1, 0.15) is 0 Å². The Balaban J connectivity index is 2.32. The first-order valence-electron chi connectivity index (χ1n) is 6.94. The lowest BCUT2D eigenvalue weighted by Crippen LogP contribution is -2.23. The lowest BCUT2D eigenvalue weighted by atomic mass is 9.97. The van der Waals surface area contributed by atoms with Crippen LogP contribution in [-0.4, -0.2) is 6.54 Å². The fraction of sp³-hybridized carbons (Fsp3) is 0.294. The topological polar surface area (TPSA) is 12.0 Å². The first kappa shape index (κ1) is 16.8. The average molecular weight is 387 g/mol. The zero-order valence-corrected chi connectivity index (χ0v) is 15.2. The van der Waals surface area contributed by atoms with Gasteiger partial charge in [-0.3, -0.25) is 0 Å². The van der Waals surface area contributed by atoms with Crippen LogP contribution in [0.2, 0.25) is 10.0 Å². The third kappa shape index (κ3) is 4.46. The molecule has 0 spiro atoms. The third-order valence-electron chi connectivity index (χ3n) is 3.37. The van der Waals surface area contributed by atoms with Crippen molar-refractivity contribution >= 4 is 39.1 Å². The lowest BCUT2D eigenvalue weighted by molar-refractivity contribution is 0.549. The van der Waals surface area contributed by atoms with E-state index in [9.17, 15) is 0 Å². The predicted molar refractivity (Wildman–Crippen MR) is 95.5 cm³/mol. The highest BCUT2D eigenvalue weighted by molar-refractivity contribution is 9.10. The van der Waals surface area contributed by atoms with E-state index in [0.29, 0.717) is 10.0 Å². The van der Waals surface area contributed by atoms with E-state index >= 15 is 0 Å². The van der Waals surface area contributed by atoms with Gasteiger partial charge in [0, 0.05) is 10.5 Å². The van der Waals surface area contributed by atoms with Gasteiger partial charge in [0.2, 0.25) is 0 Å². The van der Waals surface area contributed by atoms with Gasteiger partial charge in [-0.1, -0.05) is 64.3 Å². The second-order valence-corrected chi connectivity index (χ2v) is 6.79. The van der Waals surface area contributed by atoms with Crippen molar-refractivity contribution in [2.24, 2.45) is 0 Å². The van der Waals surface area contributed by atoms with Gasteiger partial charge in [-0.05, 0) is 54.8 Å². The predicted octanol–water partition coefficient (Wildman–Crippen LogP) is 5.96. The quantitative estimate of drug-likeness (QED) is 0.668. The van der Waals surface area contributed by atoms with Crippen LogP contribution in [0.3, 0.4) is 0 Å². The van der Waals surface area contributed by atoms with E-state index in [-0.39, 0.29) is 6.04 Å². The molecule has 2 aromatic carbocycles. The highest BCUT2D eigenvalue weighted by Gasteiger charge is 2.15. The van der Waals surface area contributed by atoms with Crippen molar-refractivity contribution in [2.45, 2.75) is 26.3 Å². The summed E-state index contributed by atoms with van der Waals surface area (Å²) in [4.78, 5) is 0. The molecule has 0 aromatic heterocycles. The normalized spacial score (nSPS) is 12.4. The van der Waals surface area contributed by atoms with Gasteiger partial charge >= 0.3 is 0 Å². The molecule has 0 aliphatic heterocycles. The van der Waals surface area contributed by atoms with Crippen LogP contribution in [0, 0.1) is 6.92 Å². The SMILES string of the molecule is CCNC(Cc1cccc(Cl)c1Cl)c1cc(C)cc(Br)c1. The van der Waals surface area contributed by atoms with Gasteiger partial charge in [0.25, 0.3) is 0 Å². The molecule has 21 heavy (non-hydrogen) atoms. The van der Waals surface area contributed by atoms with E-state index in [1.54, 1.807) is 0 Å². The number of hydrogen-bond donors (Lipinski definition) is 1. The minimum Gasteiger partial charge on any atom is -0.310 e. The van der Waals surface area contributed by atoms with Crippen molar-refractivity contribution in [1.29, 1.82) is 0 Å². The first-order chi connectivity index (χ1) is 10.0. The Labute approximate surface area is 144 Å². The molecule has 112 valence electrons. The number of nitrogens with one attached hydrogen (secondary N) is 1. The maximum absolute atomic E-state index is 6.32. The van der Waals surface area contributed by atoms with E-state index in [2.05, 4.69) is 53.3 Å². The largest absolute Gasteiger partial charge is 0.310 e. The van der Waals surface area contributed by atoms with E-state index in [1.807, 2.05) is 18.2 Å². The molecule has 1 atom stereocenters.